The first-order chi connectivity index (χ1) is 25.3. The highest BCUT2D eigenvalue weighted by Crippen LogP contribution is 2.53. The highest BCUT2D eigenvalue weighted by Gasteiger charge is 2.38. The summed E-state index contributed by atoms with van der Waals surface area (Å²) in [7, 11) is 0. The Kier molecular flexibility index (Phi) is 7.31. The third kappa shape index (κ3) is 5.20. The molecule has 0 N–H and O–H groups in total. The third-order valence-corrected chi connectivity index (χ3v) is 11.5. The van der Waals surface area contributed by atoms with Crippen molar-refractivity contribution < 1.29 is 0 Å². The van der Waals surface area contributed by atoms with Crippen molar-refractivity contribution in [1.29, 1.82) is 0 Å². The van der Waals surface area contributed by atoms with Crippen LogP contribution < -0.4 is 4.90 Å². The molecule has 1 aliphatic heterocycles. The Balaban J connectivity index is 1.26. The standard InChI is InChI=1S/C50H47N3/c1-48(2,3)33-24-28-43-41(30-33)50(7,8)42-31-34(49(4,5)6)25-29-44(42)52(43)36-26-22-32(23-27-36)47-51-45-39-20-14-12-18-37(39)38-19-13-15-21-40(38)46(45)53(47)35-16-10-9-11-17-35/h9-31H,1-8H3. The zero-order chi connectivity index (χ0) is 36.9. The number of nitrogens with zero attached hydrogens (tertiary/aromatic N) is 3. The Morgan fingerprint density at radius 2 is 0.981 bits per heavy atom. The van der Waals surface area contributed by atoms with Crippen LogP contribution in [0.25, 0.3) is 49.7 Å². The quantitative estimate of drug-likeness (QED) is 0.172. The van der Waals surface area contributed by atoms with Crippen LogP contribution in [0, 0.1) is 0 Å². The Morgan fingerprint density at radius 3 is 1.53 bits per heavy atom. The maximum Gasteiger partial charge on any atom is 0.145 e. The normalized spacial score (nSPS) is 14.2. The predicted molar refractivity (Wildman–Crippen MR) is 226 cm³/mol. The molecule has 2 heterocycles. The molecule has 0 fully saturated rings. The van der Waals surface area contributed by atoms with E-state index in [1.165, 1.54) is 55.2 Å². The molecule has 0 radical (unpaired) electrons. The van der Waals surface area contributed by atoms with Crippen molar-refractivity contribution in [2.24, 2.45) is 0 Å². The van der Waals surface area contributed by atoms with E-state index in [1.807, 2.05) is 0 Å². The predicted octanol–water partition coefficient (Wildman–Crippen LogP) is 13.7. The van der Waals surface area contributed by atoms with E-state index >= 15 is 0 Å². The maximum atomic E-state index is 5.49. The van der Waals surface area contributed by atoms with Crippen LogP contribution in [-0.4, -0.2) is 9.55 Å². The van der Waals surface area contributed by atoms with Crippen molar-refractivity contribution in [1.82, 2.24) is 9.55 Å². The van der Waals surface area contributed by atoms with E-state index in [9.17, 15) is 0 Å². The molecule has 8 aromatic rings. The SMILES string of the molecule is CC(C)(C)c1ccc2c(c1)C(C)(C)c1cc(C(C)(C)C)ccc1N2c1ccc(-c2nc3c4ccccc4c4ccccc4c3n2-c2ccccc2)cc1. The molecule has 0 bridgehead atoms. The maximum absolute atomic E-state index is 5.49. The highest BCUT2D eigenvalue weighted by atomic mass is 15.2. The second kappa shape index (κ2) is 11.7. The Bertz CT molecular complexity index is 2630. The Morgan fingerprint density at radius 1 is 0.491 bits per heavy atom. The van der Waals surface area contributed by atoms with Crippen molar-refractivity contribution >= 4 is 49.6 Å². The molecular weight excluding hydrogens is 643 g/mol. The summed E-state index contributed by atoms with van der Waals surface area (Å²) in [5.41, 5.74) is 13.3. The van der Waals surface area contributed by atoms with Gasteiger partial charge in [0.25, 0.3) is 0 Å². The van der Waals surface area contributed by atoms with Crippen molar-refractivity contribution in [3.63, 3.8) is 0 Å². The van der Waals surface area contributed by atoms with Crippen LogP contribution >= 0.6 is 0 Å². The summed E-state index contributed by atoms with van der Waals surface area (Å²) in [5.74, 6) is 0.935. The van der Waals surface area contributed by atoms with Gasteiger partial charge in [-0.25, -0.2) is 4.98 Å². The lowest BCUT2D eigenvalue weighted by molar-refractivity contribution is 0.573. The summed E-state index contributed by atoms with van der Waals surface area (Å²) in [5, 5.41) is 4.84. The minimum Gasteiger partial charge on any atom is -0.310 e. The first-order valence-electron chi connectivity index (χ1n) is 18.9. The fourth-order valence-corrected chi connectivity index (χ4v) is 8.44. The number of aromatic nitrogens is 2. The van der Waals surface area contributed by atoms with Crippen LogP contribution in [0.1, 0.15) is 77.6 Å². The van der Waals surface area contributed by atoms with Crippen LogP contribution in [0.3, 0.4) is 0 Å². The molecule has 9 rings (SSSR count). The van der Waals surface area contributed by atoms with Crippen molar-refractivity contribution in [3.05, 3.63) is 162 Å². The van der Waals surface area contributed by atoms with E-state index in [0.29, 0.717) is 0 Å². The van der Waals surface area contributed by atoms with Crippen LogP contribution in [0.2, 0.25) is 0 Å². The zero-order valence-electron chi connectivity index (χ0n) is 32.1. The first-order valence-corrected chi connectivity index (χ1v) is 18.9. The monoisotopic (exact) mass is 689 g/mol. The molecule has 0 saturated carbocycles. The van der Waals surface area contributed by atoms with E-state index < -0.39 is 0 Å². The van der Waals surface area contributed by atoms with Gasteiger partial charge in [-0.05, 0) is 92.4 Å². The molecule has 53 heavy (non-hydrogen) atoms. The largest absolute Gasteiger partial charge is 0.310 e. The Labute approximate surface area is 313 Å². The molecule has 262 valence electrons. The molecular formula is C50H47N3. The number of rotatable bonds is 3. The number of fused-ring (bicyclic) bond motifs is 8. The van der Waals surface area contributed by atoms with E-state index in [2.05, 4.69) is 204 Å². The summed E-state index contributed by atoms with van der Waals surface area (Å²) in [6, 6.07) is 51.4. The molecule has 1 aromatic heterocycles. The van der Waals surface area contributed by atoms with E-state index in [0.717, 1.165) is 33.8 Å². The average Bonchev–Trinajstić information content (AvgIpc) is 3.56. The first kappa shape index (κ1) is 33.2. The van der Waals surface area contributed by atoms with Crippen molar-refractivity contribution in [2.75, 3.05) is 4.90 Å². The van der Waals surface area contributed by atoms with Gasteiger partial charge in [0.2, 0.25) is 0 Å². The van der Waals surface area contributed by atoms with Gasteiger partial charge in [0.1, 0.15) is 5.82 Å². The van der Waals surface area contributed by atoms with Crippen LogP contribution in [0.4, 0.5) is 17.1 Å². The van der Waals surface area contributed by atoms with E-state index in [4.69, 9.17) is 4.98 Å². The van der Waals surface area contributed by atoms with Crippen molar-refractivity contribution in [3.8, 4) is 17.1 Å². The van der Waals surface area contributed by atoms with Crippen LogP contribution in [-0.2, 0) is 16.2 Å². The summed E-state index contributed by atoms with van der Waals surface area (Å²) in [6.07, 6.45) is 0. The molecule has 0 unspecified atom stereocenters. The number of benzene rings is 7. The lowest BCUT2D eigenvalue weighted by Gasteiger charge is -2.43. The van der Waals surface area contributed by atoms with Gasteiger partial charge in [0.15, 0.2) is 0 Å². The summed E-state index contributed by atoms with van der Waals surface area (Å²) >= 11 is 0. The number of hydrogen-bond donors (Lipinski definition) is 0. The van der Waals surface area contributed by atoms with Gasteiger partial charge in [0, 0.05) is 33.1 Å². The summed E-state index contributed by atoms with van der Waals surface area (Å²) in [6.45, 7) is 18.6. The third-order valence-electron chi connectivity index (χ3n) is 11.5. The summed E-state index contributed by atoms with van der Waals surface area (Å²) in [4.78, 5) is 7.96. The topological polar surface area (TPSA) is 21.1 Å². The van der Waals surface area contributed by atoms with Gasteiger partial charge in [-0.2, -0.15) is 0 Å². The molecule has 0 spiro atoms. The molecule has 3 heteroatoms. The van der Waals surface area contributed by atoms with E-state index in [-0.39, 0.29) is 16.2 Å². The number of para-hydroxylation sites is 1. The average molecular weight is 690 g/mol. The van der Waals surface area contributed by atoms with Gasteiger partial charge in [-0.3, -0.25) is 4.57 Å². The molecule has 3 nitrogen and oxygen atoms in total. The second-order valence-electron chi connectivity index (χ2n) is 17.4. The number of imidazole rings is 1. The molecule has 7 aromatic carbocycles. The van der Waals surface area contributed by atoms with Gasteiger partial charge in [-0.1, -0.05) is 146 Å². The minimum absolute atomic E-state index is 0.0476. The lowest BCUT2D eigenvalue weighted by atomic mass is 9.70. The van der Waals surface area contributed by atoms with Crippen LogP contribution in [0.5, 0.6) is 0 Å². The van der Waals surface area contributed by atoms with E-state index in [1.54, 1.807) is 0 Å². The fraction of sp³-hybridized carbons (Fsp3) is 0.220. The van der Waals surface area contributed by atoms with Crippen LogP contribution in [0.15, 0.2) is 140 Å². The Hall–Kier alpha value is -5.67. The minimum atomic E-state index is -0.171. The van der Waals surface area contributed by atoms with Gasteiger partial charge < -0.3 is 4.90 Å². The molecule has 1 aliphatic rings. The summed E-state index contributed by atoms with van der Waals surface area (Å²) < 4.78 is 2.36. The fourth-order valence-electron chi connectivity index (χ4n) is 8.44. The number of hydrogen-bond acceptors (Lipinski definition) is 2. The molecule has 0 saturated heterocycles. The molecule has 0 aliphatic carbocycles. The smallest absolute Gasteiger partial charge is 0.145 e. The lowest BCUT2D eigenvalue weighted by Crippen LogP contribution is -2.32. The molecule has 0 amide bonds. The number of anilines is 3. The van der Waals surface area contributed by atoms with Gasteiger partial charge in [0.05, 0.1) is 22.4 Å². The van der Waals surface area contributed by atoms with Gasteiger partial charge >= 0.3 is 0 Å². The highest BCUT2D eigenvalue weighted by molar-refractivity contribution is 6.24. The molecule has 0 atom stereocenters. The second-order valence-corrected chi connectivity index (χ2v) is 17.4. The zero-order valence-corrected chi connectivity index (χ0v) is 32.1. The van der Waals surface area contributed by atoms with Gasteiger partial charge in [-0.15, -0.1) is 0 Å². The van der Waals surface area contributed by atoms with Crippen molar-refractivity contribution in [2.45, 2.75) is 71.6 Å².